The van der Waals surface area contributed by atoms with Crippen molar-refractivity contribution < 1.29 is 14.3 Å². The van der Waals surface area contributed by atoms with Crippen LogP contribution in [-0.2, 0) is 14.3 Å². The van der Waals surface area contributed by atoms with E-state index in [-0.39, 0.29) is 28.6 Å². The maximum absolute atomic E-state index is 12.6. The predicted molar refractivity (Wildman–Crippen MR) is 105 cm³/mol. The van der Waals surface area contributed by atoms with Gasteiger partial charge in [-0.05, 0) is 66.8 Å². The molecule has 4 heteroatoms. The molecule has 9 atom stereocenters. The lowest BCUT2D eigenvalue weighted by Gasteiger charge is -2.62. The molecule has 0 saturated heterocycles. The van der Waals surface area contributed by atoms with Gasteiger partial charge in [-0.25, -0.2) is 0 Å². The van der Waals surface area contributed by atoms with Crippen molar-refractivity contribution in [3.63, 3.8) is 0 Å². The molecule has 3 saturated carbocycles. The third-order valence-electron chi connectivity index (χ3n) is 9.30. The molecule has 1 amide bonds. The van der Waals surface area contributed by atoms with Gasteiger partial charge in [-0.2, -0.15) is 0 Å². The van der Waals surface area contributed by atoms with Crippen LogP contribution in [-0.4, -0.2) is 37.0 Å². The molecular weight excluding hydrogens is 338 g/mol. The lowest BCUT2D eigenvalue weighted by Crippen LogP contribution is -2.61. The molecule has 0 N–H and O–H groups in total. The number of hydrogen-bond acceptors (Lipinski definition) is 3. The van der Waals surface area contributed by atoms with Crippen LogP contribution in [0.3, 0.4) is 0 Å². The molecule has 4 rings (SSSR count). The molecule has 150 valence electrons. The Labute approximate surface area is 163 Å². The Bertz CT molecular complexity index is 687. The number of hydrogen-bond donors (Lipinski definition) is 0. The topological polar surface area (TPSA) is 46.6 Å². The fourth-order valence-electron chi connectivity index (χ4n) is 8.05. The van der Waals surface area contributed by atoms with Crippen molar-refractivity contribution in [3.8, 4) is 0 Å². The van der Waals surface area contributed by atoms with E-state index in [9.17, 15) is 9.59 Å². The molecule has 0 aromatic rings. The number of esters is 1. The van der Waals surface area contributed by atoms with Crippen LogP contribution >= 0.6 is 0 Å². The fourth-order valence-corrected chi connectivity index (χ4v) is 8.05. The number of ether oxygens (including phenoxy) is 1. The molecule has 4 aliphatic rings. The van der Waals surface area contributed by atoms with E-state index in [1.807, 2.05) is 11.9 Å². The summed E-state index contributed by atoms with van der Waals surface area (Å²) in [5.74, 6) is 2.88. The summed E-state index contributed by atoms with van der Waals surface area (Å²) >= 11 is 0. The highest BCUT2D eigenvalue weighted by atomic mass is 16.5. The summed E-state index contributed by atoms with van der Waals surface area (Å²) in [6.07, 6.45) is 8.44. The van der Waals surface area contributed by atoms with E-state index >= 15 is 0 Å². The summed E-state index contributed by atoms with van der Waals surface area (Å²) < 4.78 is 5.22. The molecule has 3 fully saturated rings. The molecule has 3 aliphatic carbocycles. The predicted octanol–water partition coefficient (Wildman–Crippen LogP) is 3.91. The summed E-state index contributed by atoms with van der Waals surface area (Å²) in [7, 11) is 3.51. The summed E-state index contributed by atoms with van der Waals surface area (Å²) in [5, 5.41) is 0. The van der Waals surface area contributed by atoms with Gasteiger partial charge in [-0.15, -0.1) is 0 Å². The van der Waals surface area contributed by atoms with Crippen LogP contribution in [0.15, 0.2) is 12.2 Å². The van der Waals surface area contributed by atoms with Gasteiger partial charge in [0, 0.05) is 18.5 Å². The Kier molecular flexibility index (Phi) is 4.29. The minimum atomic E-state index is -0.0126. The fraction of sp³-hybridized carbons (Fsp3) is 0.826. The van der Waals surface area contributed by atoms with Gasteiger partial charge in [0.1, 0.15) is 0 Å². The van der Waals surface area contributed by atoms with E-state index in [4.69, 9.17) is 4.74 Å². The molecule has 27 heavy (non-hydrogen) atoms. The number of nitrogens with zero attached hydrogens (tertiary/aromatic N) is 1. The molecule has 0 aromatic carbocycles. The second-order valence-corrected chi connectivity index (χ2v) is 10.4. The number of fused-ring (bicyclic) bond motifs is 5. The van der Waals surface area contributed by atoms with Crippen LogP contribution in [0.4, 0.5) is 0 Å². The highest BCUT2D eigenvalue weighted by molar-refractivity contribution is 5.89. The number of likely N-dealkylation sites (N-methyl/N-ethyl adjacent to an activating group) is 1. The van der Waals surface area contributed by atoms with Gasteiger partial charge in [0.15, 0.2) is 0 Å². The highest BCUT2D eigenvalue weighted by Crippen LogP contribution is 2.67. The average Bonchev–Trinajstić information content (AvgIpc) is 2.90. The second kappa shape index (κ2) is 6.09. The SMILES string of the molecule is COC(=O)C1C(C)CC2C3C(C)C[C@H]4N(C)C(=O)C=CC4(C)C3CCC21C. The molecule has 0 radical (unpaired) electrons. The quantitative estimate of drug-likeness (QED) is 0.655. The third-order valence-corrected chi connectivity index (χ3v) is 9.30. The largest absolute Gasteiger partial charge is 0.469 e. The van der Waals surface area contributed by atoms with Gasteiger partial charge in [-0.1, -0.05) is 33.8 Å². The Morgan fingerprint density at radius 2 is 1.89 bits per heavy atom. The van der Waals surface area contributed by atoms with E-state index in [1.165, 1.54) is 7.11 Å². The number of amides is 1. The van der Waals surface area contributed by atoms with E-state index in [0.717, 1.165) is 25.7 Å². The maximum atomic E-state index is 12.6. The lowest BCUT2D eigenvalue weighted by atomic mass is 9.45. The zero-order valence-electron chi connectivity index (χ0n) is 17.7. The standard InChI is InChI=1S/C23H35NO3/c1-13-12-17-22(3,10-8-18(25)24(17)5)15-7-9-23(4)16(19(13)15)11-14(2)20(23)21(26)27-6/h8,10,13-17,19-20H,7,9,11-12H2,1-6H3/t13?,14?,15?,16?,17-,19?,20?,22?,23?/m1/s1. The van der Waals surface area contributed by atoms with Gasteiger partial charge in [0.05, 0.1) is 13.0 Å². The van der Waals surface area contributed by atoms with Crippen molar-refractivity contribution in [2.24, 2.45) is 46.3 Å². The van der Waals surface area contributed by atoms with Gasteiger partial charge in [0.25, 0.3) is 0 Å². The maximum Gasteiger partial charge on any atom is 0.309 e. The number of rotatable bonds is 1. The van der Waals surface area contributed by atoms with Crippen LogP contribution in [0.1, 0.15) is 53.4 Å². The molecule has 0 spiro atoms. The first kappa shape index (κ1) is 19.0. The van der Waals surface area contributed by atoms with Gasteiger partial charge in [0.2, 0.25) is 5.91 Å². The van der Waals surface area contributed by atoms with Crippen LogP contribution in [0.25, 0.3) is 0 Å². The zero-order chi connectivity index (χ0) is 19.7. The molecule has 1 heterocycles. The summed E-state index contributed by atoms with van der Waals surface area (Å²) in [6, 6.07) is 0.297. The van der Waals surface area contributed by atoms with Crippen LogP contribution in [0.5, 0.6) is 0 Å². The normalized spacial score (nSPS) is 51.4. The van der Waals surface area contributed by atoms with Crippen molar-refractivity contribution in [1.82, 2.24) is 4.90 Å². The minimum Gasteiger partial charge on any atom is -0.469 e. The summed E-state index contributed by atoms with van der Waals surface area (Å²) in [6.45, 7) is 9.35. The van der Waals surface area contributed by atoms with Gasteiger partial charge in [-0.3, -0.25) is 9.59 Å². The Balaban J connectivity index is 1.73. The van der Waals surface area contributed by atoms with E-state index < -0.39 is 0 Å². The smallest absolute Gasteiger partial charge is 0.309 e. The Morgan fingerprint density at radius 3 is 2.56 bits per heavy atom. The van der Waals surface area contributed by atoms with Crippen molar-refractivity contribution in [2.75, 3.05) is 14.2 Å². The lowest BCUT2D eigenvalue weighted by molar-refractivity contribution is -0.159. The highest BCUT2D eigenvalue weighted by Gasteiger charge is 2.64. The van der Waals surface area contributed by atoms with E-state index in [2.05, 4.69) is 33.8 Å². The van der Waals surface area contributed by atoms with Crippen LogP contribution in [0.2, 0.25) is 0 Å². The average molecular weight is 374 g/mol. The Morgan fingerprint density at radius 1 is 1.19 bits per heavy atom. The number of carbonyl (C=O) groups excluding carboxylic acids is 2. The van der Waals surface area contributed by atoms with Gasteiger partial charge >= 0.3 is 5.97 Å². The van der Waals surface area contributed by atoms with Crippen LogP contribution in [0, 0.1) is 46.3 Å². The third kappa shape index (κ3) is 2.40. The molecule has 8 unspecified atom stereocenters. The van der Waals surface area contributed by atoms with Crippen molar-refractivity contribution in [3.05, 3.63) is 12.2 Å². The van der Waals surface area contributed by atoms with Crippen LogP contribution < -0.4 is 0 Å². The monoisotopic (exact) mass is 373 g/mol. The van der Waals surface area contributed by atoms with Crippen molar-refractivity contribution in [2.45, 2.75) is 59.4 Å². The first-order valence-electron chi connectivity index (χ1n) is 10.7. The first-order chi connectivity index (χ1) is 12.6. The van der Waals surface area contributed by atoms with Gasteiger partial charge < -0.3 is 9.64 Å². The second-order valence-electron chi connectivity index (χ2n) is 10.4. The number of carbonyl (C=O) groups is 2. The zero-order valence-corrected chi connectivity index (χ0v) is 17.7. The first-order valence-corrected chi connectivity index (χ1v) is 10.7. The molecule has 0 bridgehead atoms. The summed E-state index contributed by atoms with van der Waals surface area (Å²) in [4.78, 5) is 26.9. The van der Waals surface area contributed by atoms with Crippen molar-refractivity contribution >= 4 is 11.9 Å². The molecular formula is C23H35NO3. The molecule has 1 aliphatic heterocycles. The molecule has 4 nitrogen and oxygen atoms in total. The van der Waals surface area contributed by atoms with Crippen molar-refractivity contribution in [1.29, 1.82) is 0 Å². The summed E-state index contributed by atoms with van der Waals surface area (Å²) in [5.41, 5.74) is 0.0962. The van der Waals surface area contributed by atoms with E-state index in [1.54, 1.807) is 6.08 Å². The Hall–Kier alpha value is -1.32. The van der Waals surface area contributed by atoms with E-state index in [0.29, 0.717) is 35.6 Å². The molecule has 0 aromatic heterocycles. The minimum absolute atomic E-state index is 0.0126. The number of methoxy groups -OCH3 is 1.